The van der Waals surface area contributed by atoms with Gasteiger partial charge >= 0.3 is 0 Å². The maximum absolute atomic E-state index is 5.23. The molecule has 1 aromatic rings. The fraction of sp³-hybridized carbons (Fsp3) is 0.571. The molecule has 3 heteroatoms. The number of rotatable bonds is 5. The molecule has 17 heavy (non-hydrogen) atoms. The van der Waals surface area contributed by atoms with E-state index in [1.54, 1.807) is 7.11 Å². The van der Waals surface area contributed by atoms with Crippen LogP contribution in [0.2, 0.25) is 0 Å². The van der Waals surface area contributed by atoms with E-state index >= 15 is 0 Å². The van der Waals surface area contributed by atoms with Crippen molar-refractivity contribution < 1.29 is 4.74 Å². The summed E-state index contributed by atoms with van der Waals surface area (Å²) in [6.07, 6.45) is 1.42. The van der Waals surface area contributed by atoms with Gasteiger partial charge in [-0.2, -0.15) is 0 Å². The Morgan fingerprint density at radius 2 is 2.35 bits per heavy atom. The average Bonchev–Trinajstić information content (AvgIpc) is 2.39. The second-order valence-corrected chi connectivity index (χ2v) is 4.66. The second-order valence-electron chi connectivity index (χ2n) is 4.66. The van der Waals surface area contributed by atoms with Gasteiger partial charge < -0.3 is 15.4 Å². The molecule has 0 spiro atoms. The van der Waals surface area contributed by atoms with Crippen LogP contribution in [-0.4, -0.2) is 26.3 Å². The average molecular weight is 234 g/mol. The van der Waals surface area contributed by atoms with Gasteiger partial charge in [-0.05, 0) is 36.6 Å². The third-order valence-electron chi connectivity index (χ3n) is 3.39. The van der Waals surface area contributed by atoms with Gasteiger partial charge in [0.25, 0.3) is 0 Å². The van der Waals surface area contributed by atoms with Crippen molar-refractivity contribution in [2.45, 2.75) is 32.5 Å². The van der Waals surface area contributed by atoms with Crippen LogP contribution >= 0.6 is 0 Å². The molecule has 1 aliphatic rings. The molecule has 1 heterocycles. The normalized spacial score (nSPS) is 16.6. The second kappa shape index (κ2) is 6.15. The molecular formula is C14H22N2O. The zero-order chi connectivity index (χ0) is 12.1. The van der Waals surface area contributed by atoms with Gasteiger partial charge in [-0.15, -0.1) is 0 Å². The van der Waals surface area contributed by atoms with E-state index in [-0.39, 0.29) is 6.10 Å². The summed E-state index contributed by atoms with van der Waals surface area (Å²) in [6.45, 7) is 6.03. The van der Waals surface area contributed by atoms with E-state index in [4.69, 9.17) is 4.74 Å². The first-order valence-electron chi connectivity index (χ1n) is 6.35. The van der Waals surface area contributed by atoms with Gasteiger partial charge in [0, 0.05) is 26.7 Å². The number of fused-ring (bicyclic) bond motifs is 1. The summed E-state index contributed by atoms with van der Waals surface area (Å²) < 4.78 is 5.23. The Morgan fingerprint density at radius 1 is 1.47 bits per heavy atom. The fourth-order valence-corrected chi connectivity index (χ4v) is 2.27. The number of nitrogens with one attached hydrogen (secondary N) is 2. The van der Waals surface area contributed by atoms with Crippen LogP contribution in [0.1, 0.15) is 23.6 Å². The molecule has 0 aromatic heterocycles. The zero-order valence-electron chi connectivity index (χ0n) is 10.8. The minimum absolute atomic E-state index is 0.274. The van der Waals surface area contributed by atoms with E-state index in [9.17, 15) is 0 Å². The van der Waals surface area contributed by atoms with Crippen molar-refractivity contribution in [1.29, 1.82) is 0 Å². The topological polar surface area (TPSA) is 33.3 Å². The Balaban J connectivity index is 1.96. The standard InChI is InChI=1S/C14H22N2O/c1-11(17-2)8-16-10-13-5-3-4-12-9-15-7-6-14(12)13/h3-5,11,15-16H,6-10H2,1-2H3. The van der Waals surface area contributed by atoms with Gasteiger partial charge in [0.05, 0.1) is 6.10 Å². The lowest BCUT2D eigenvalue weighted by Gasteiger charge is -2.21. The summed E-state index contributed by atoms with van der Waals surface area (Å²) in [5, 5.41) is 6.87. The molecule has 94 valence electrons. The lowest BCUT2D eigenvalue weighted by atomic mass is 9.95. The molecular weight excluding hydrogens is 212 g/mol. The van der Waals surface area contributed by atoms with Gasteiger partial charge in [0.2, 0.25) is 0 Å². The highest BCUT2D eigenvalue weighted by molar-refractivity contribution is 5.36. The Bertz CT molecular complexity index is 365. The fourth-order valence-electron chi connectivity index (χ4n) is 2.27. The number of hydrogen-bond donors (Lipinski definition) is 2. The van der Waals surface area contributed by atoms with Crippen LogP contribution < -0.4 is 10.6 Å². The summed E-state index contributed by atoms with van der Waals surface area (Å²) >= 11 is 0. The largest absolute Gasteiger partial charge is 0.380 e. The molecule has 1 atom stereocenters. The monoisotopic (exact) mass is 234 g/mol. The molecule has 0 bridgehead atoms. The molecule has 1 unspecified atom stereocenters. The van der Waals surface area contributed by atoms with Crippen molar-refractivity contribution in [3.05, 3.63) is 34.9 Å². The van der Waals surface area contributed by atoms with Gasteiger partial charge in [0.15, 0.2) is 0 Å². The SMILES string of the molecule is COC(C)CNCc1cccc2c1CCNC2. The van der Waals surface area contributed by atoms with E-state index in [0.717, 1.165) is 32.6 Å². The number of benzene rings is 1. The van der Waals surface area contributed by atoms with Gasteiger partial charge in [-0.25, -0.2) is 0 Å². The lowest BCUT2D eigenvalue weighted by Crippen LogP contribution is -2.28. The highest BCUT2D eigenvalue weighted by atomic mass is 16.5. The molecule has 1 aromatic carbocycles. The maximum atomic E-state index is 5.23. The van der Waals surface area contributed by atoms with Crippen molar-refractivity contribution in [2.24, 2.45) is 0 Å². The zero-order valence-corrected chi connectivity index (χ0v) is 10.8. The van der Waals surface area contributed by atoms with Crippen LogP contribution in [0.5, 0.6) is 0 Å². The van der Waals surface area contributed by atoms with Gasteiger partial charge in [0.1, 0.15) is 0 Å². The Morgan fingerprint density at radius 3 is 3.18 bits per heavy atom. The van der Waals surface area contributed by atoms with Crippen molar-refractivity contribution in [2.75, 3.05) is 20.2 Å². The van der Waals surface area contributed by atoms with Crippen LogP contribution in [0, 0.1) is 0 Å². The van der Waals surface area contributed by atoms with Crippen LogP contribution in [0.25, 0.3) is 0 Å². The summed E-state index contributed by atoms with van der Waals surface area (Å²) in [5.41, 5.74) is 4.42. The molecule has 0 fully saturated rings. The minimum atomic E-state index is 0.274. The molecule has 1 aliphatic heterocycles. The maximum Gasteiger partial charge on any atom is 0.0667 e. The third kappa shape index (κ3) is 3.28. The minimum Gasteiger partial charge on any atom is -0.380 e. The van der Waals surface area contributed by atoms with E-state index in [2.05, 4.69) is 35.8 Å². The summed E-state index contributed by atoms with van der Waals surface area (Å²) in [5.74, 6) is 0. The van der Waals surface area contributed by atoms with Crippen LogP contribution in [0.15, 0.2) is 18.2 Å². The van der Waals surface area contributed by atoms with Crippen molar-refractivity contribution >= 4 is 0 Å². The summed E-state index contributed by atoms with van der Waals surface area (Å²) in [4.78, 5) is 0. The van der Waals surface area contributed by atoms with Crippen molar-refractivity contribution in [3.63, 3.8) is 0 Å². The highest BCUT2D eigenvalue weighted by Gasteiger charge is 2.11. The number of hydrogen-bond acceptors (Lipinski definition) is 3. The molecule has 3 nitrogen and oxygen atoms in total. The summed E-state index contributed by atoms with van der Waals surface area (Å²) in [6, 6.07) is 6.61. The Hall–Kier alpha value is -0.900. The quantitative estimate of drug-likeness (QED) is 0.809. The smallest absolute Gasteiger partial charge is 0.0667 e. The third-order valence-corrected chi connectivity index (χ3v) is 3.39. The molecule has 0 amide bonds. The highest BCUT2D eigenvalue weighted by Crippen LogP contribution is 2.18. The first-order chi connectivity index (χ1) is 8.31. The van der Waals surface area contributed by atoms with Crippen molar-refractivity contribution in [1.82, 2.24) is 10.6 Å². The van der Waals surface area contributed by atoms with Crippen LogP contribution in [0.4, 0.5) is 0 Å². The molecule has 0 saturated heterocycles. The van der Waals surface area contributed by atoms with E-state index in [1.165, 1.54) is 16.7 Å². The van der Waals surface area contributed by atoms with E-state index in [1.807, 2.05) is 0 Å². The first kappa shape index (κ1) is 12.6. The number of ether oxygens (including phenoxy) is 1. The molecule has 2 N–H and O–H groups in total. The van der Waals surface area contributed by atoms with E-state index < -0.39 is 0 Å². The van der Waals surface area contributed by atoms with Gasteiger partial charge in [-0.1, -0.05) is 18.2 Å². The molecule has 0 aliphatic carbocycles. The van der Waals surface area contributed by atoms with Gasteiger partial charge in [-0.3, -0.25) is 0 Å². The first-order valence-corrected chi connectivity index (χ1v) is 6.35. The summed E-state index contributed by atoms with van der Waals surface area (Å²) in [7, 11) is 1.75. The molecule has 0 radical (unpaired) electrons. The molecule has 2 rings (SSSR count). The van der Waals surface area contributed by atoms with Crippen LogP contribution in [-0.2, 0) is 24.2 Å². The number of methoxy groups -OCH3 is 1. The Kier molecular flexibility index (Phi) is 4.54. The van der Waals surface area contributed by atoms with Crippen molar-refractivity contribution in [3.8, 4) is 0 Å². The predicted molar refractivity (Wildman–Crippen MR) is 70.0 cm³/mol. The van der Waals surface area contributed by atoms with Crippen LogP contribution in [0.3, 0.4) is 0 Å². The molecule has 0 saturated carbocycles. The lowest BCUT2D eigenvalue weighted by molar-refractivity contribution is 0.117. The van der Waals surface area contributed by atoms with E-state index in [0.29, 0.717) is 0 Å². The predicted octanol–water partition coefficient (Wildman–Crippen LogP) is 1.46. The Labute approximate surface area is 104 Å².